The highest BCUT2D eigenvalue weighted by Gasteiger charge is 2.28. The Morgan fingerprint density at radius 3 is 2.54 bits per heavy atom. The van der Waals surface area contributed by atoms with Gasteiger partial charge in [-0.1, -0.05) is 24.3 Å². The second-order valence-corrected chi connectivity index (χ2v) is 5.89. The number of benzene rings is 1. The van der Waals surface area contributed by atoms with E-state index in [1.54, 1.807) is 7.11 Å². The number of methoxy groups -OCH3 is 1. The van der Waals surface area contributed by atoms with Crippen molar-refractivity contribution in [3.8, 4) is 0 Å². The van der Waals surface area contributed by atoms with Crippen molar-refractivity contribution in [1.82, 2.24) is 16.0 Å². The molecule has 1 aromatic carbocycles. The summed E-state index contributed by atoms with van der Waals surface area (Å²) in [6, 6.07) is 8.14. The van der Waals surface area contributed by atoms with Gasteiger partial charge in [-0.3, -0.25) is 4.79 Å². The highest BCUT2D eigenvalue weighted by molar-refractivity contribution is 5.81. The number of nitrogens with zero attached hydrogens (tertiary/aromatic N) is 1. The Morgan fingerprint density at radius 2 is 1.88 bits per heavy atom. The van der Waals surface area contributed by atoms with Crippen LogP contribution in [0.5, 0.6) is 0 Å². The van der Waals surface area contributed by atoms with E-state index >= 15 is 0 Å². The Labute approximate surface area is 144 Å². The lowest BCUT2D eigenvalue weighted by Crippen LogP contribution is -2.41. The fourth-order valence-electron chi connectivity index (χ4n) is 2.37. The van der Waals surface area contributed by atoms with Gasteiger partial charge in [-0.15, -0.1) is 0 Å². The number of ether oxygens (including phenoxy) is 1. The van der Waals surface area contributed by atoms with Gasteiger partial charge in [0.05, 0.1) is 13.2 Å². The maximum absolute atomic E-state index is 11.6. The molecule has 24 heavy (non-hydrogen) atoms. The highest BCUT2D eigenvalue weighted by Crippen LogP contribution is 2.28. The molecule has 0 spiro atoms. The van der Waals surface area contributed by atoms with Crippen molar-refractivity contribution < 1.29 is 9.53 Å². The fourth-order valence-corrected chi connectivity index (χ4v) is 2.37. The van der Waals surface area contributed by atoms with E-state index in [0.717, 1.165) is 36.5 Å². The number of aliphatic imine (C=N–C) groups is 1. The summed E-state index contributed by atoms with van der Waals surface area (Å²) in [5.74, 6) is 1.18. The van der Waals surface area contributed by atoms with E-state index in [1.165, 1.54) is 0 Å². The second kappa shape index (κ2) is 9.93. The molecule has 0 aliphatic heterocycles. The lowest BCUT2D eigenvalue weighted by atomic mass is 10.1. The molecule has 1 fully saturated rings. The first-order valence-electron chi connectivity index (χ1n) is 8.60. The minimum absolute atomic E-state index is 0.173. The first-order valence-corrected chi connectivity index (χ1v) is 8.60. The molecule has 6 heteroatoms. The van der Waals surface area contributed by atoms with Gasteiger partial charge in [-0.25, -0.2) is 4.99 Å². The summed E-state index contributed by atoms with van der Waals surface area (Å²) in [6.07, 6.45) is 2.06. The Hall–Kier alpha value is -2.08. The molecule has 0 radical (unpaired) electrons. The van der Waals surface area contributed by atoms with Gasteiger partial charge < -0.3 is 20.7 Å². The van der Waals surface area contributed by atoms with Crippen LogP contribution < -0.4 is 16.0 Å². The third kappa shape index (κ3) is 6.20. The van der Waals surface area contributed by atoms with E-state index < -0.39 is 0 Å². The number of carbonyl (C=O) groups is 1. The number of nitrogens with one attached hydrogen (secondary N) is 3. The SMILES string of the molecule is CCNC(=NCc1ccccc1COC)NCCNC(=O)C1CC1. The summed E-state index contributed by atoms with van der Waals surface area (Å²) in [5, 5.41) is 9.41. The second-order valence-electron chi connectivity index (χ2n) is 5.89. The smallest absolute Gasteiger partial charge is 0.223 e. The van der Waals surface area contributed by atoms with Crippen molar-refractivity contribution in [3.63, 3.8) is 0 Å². The molecule has 1 saturated carbocycles. The maximum Gasteiger partial charge on any atom is 0.223 e. The molecule has 0 atom stereocenters. The van der Waals surface area contributed by atoms with Crippen LogP contribution in [0.25, 0.3) is 0 Å². The Morgan fingerprint density at radius 1 is 1.17 bits per heavy atom. The molecule has 132 valence electrons. The van der Waals surface area contributed by atoms with Gasteiger partial charge in [0, 0.05) is 32.7 Å². The summed E-state index contributed by atoms with van der Waals surface area (Å²) >= 11 is 0. The van der Waals surface area contributed by atoms with Crippen molar-refractivity contribution in [2.45, 2.75) is 32.9 Å². The quantitative estimate of drug-likeness (QED) is 0.363. The van der Waals surface area contributed by atoms with Gasteiger partial charge in [-0.05, 0) is 30.9 Å². The minimum Gasteiger partial charge on any atom is -0.380 e. The molecule has 1 aliphatic rings. The highest BCUT2D eigenvalue weighted by atomic mass is 16.5. The Kier molecular flexibility index (Phi) is 7.55. The molecule has 0 heterocycles. The van der Waals surface area contributed by atoms with Crippen LogP contribution in [-0.4, -0.2) is 38.6 Å². The van der Waals surface area contributed by atoms with Crippen LogP contribution in [-0.2, 0) is 22.7 Å². The van der Waals surface area contributed by atoms with Crippen LogP contribution in [0.15, 0.2) is 29.3 Å². The van der Waals surface area contributed by atoms with E-state index in [9.17, 15) is 4.79 Å². The van der Waals surface area contributed by atoms with Crippen molar-refractivity contribution >= 4 is 11.9 Å². The standard InChI is InChI=1S/C18H28N4O2/c1-3-19-18(21-11-10-20-17(23)14-8-9-14)22-12-15-6-4-5-7-16(15)13-24-2/h4-7,14H,3,8-13H2,1-2H3,(H,20,23)(H2,19,21,22). The summed E-state index contributed by atoms with van der Waals surface area (Å²) in [4.78, 5) is 16.2. The number of carbonyl (C=O) groups excluding carboxylic acids is 1. The van der Waals surface area contributed by atoms with Crippen LogP contribution in [0.2, 0.25) is 0 Å². The van der Waals surface area contributed by atoms with Gasteiger partial charge in [0.1, 0.15) is 0 Å². The normalized spacial score (nSPS) is 14.3. The number of hydrogen-bond acceptors (Lipinski definition) is 3. The Bertz CT molecular complexity index is 556. The molecule has 0 aromatic heterocycles. The summed E-state index contributed by atoms with van der Waals surface area (Å²) in [5.41, 5.74) is 2.30. The molecule has 6 nitrogen and oxygen atoms in total. The predicted octanol–water partition coefficient (Wildman–Crippen LogP) is 1.41. The van der Waals surface area contributed by atoms with Crippen molar-refractivity contribution in [2.75, 3.05) is 26.7 Å². The molecule has 1 aliphatic carbocycles. The zero-order valence-corrected chi connectivity index (χ0v) is 14.6. The zero-order chi connectivity index (χ0) is 17.2. The van der Waals surface area contributed by atoms with Crippen LogP contribution >= 0.6 is 0 Å². The Balaban J connectivity index is 1.82. The van der Waals surface area contributed by atoms with Crippen molar-refractivity contribution in [3.05, 3.63) is 35.4 Å². The summed E-state index contributed by atoms with van der Waals surface area (Å²) in [6.45, 7) is 5.26. The largest absolute Gasteiger partial charge is 0.380 e. The predicted molar refractivity (Wildman–Crippen MR) is 95.7 cm³/mol. The van der Waals surface area contributed by atoms with Crippen LogP contribution in [0, 0.1) is 5.92 Å². The van der Waals surface area contributed by atoms with Crippen molar-refractivity contribution in [2.24, 2.45) is 10.9 Å². The summed E-state index contributed by atoms with van der Waals surface area (Å²) in [7, 11) is 1.70. The number of amides is 1. The lowest BCUT2D eigenvalue weighted by molar-refractivity contribution is -0.122. The first-order chi connectivity index (χ1) is 11.7. The van der Waals surface area contributed by atoms with Crippen LogP contribution in [0.4, 0.5) is 0 Å². The maximum atomic E-state index is 11.6. The topological polar surface area (TPSA) is 74.8 Å². The molecule has 1 aromatic rings. The molecule has 1 amide bonds. The number of rotatable bonds is 9. The third-order valence-electron chi connectivity index (χ3n) is 3.83. The van der Waals surface area contributed by atoms with E-state index in [1.807, 2.05) is 19.1 Å². The van der Waals surface area contributed by atoms with E-state index in [-0.39, 0.29) is 11.8 Å². The van der Waals surface area contributed by atoms with Gasteiger partial charge >= 0.3 is 0 Å². The molecule has 0 saturated heterocycles. The van der Waals surface area contributed by atoms with Crippen LogP contribution in [0.3, 0.4) is 0 Å². The van der Waals surface area contributed by atoms with Gasteiger partial charge in [-0.2, -0.15) is 0 Å². The average molecular weight is 332 g/mol. The fraction of sp³-hybridized carbons (Fsp3) is 0.556. The first kappa shape index (κ1) is 18.3. The molecular weight excluding hydrogens is 304 g/mol. The molecule has 0 bridgehead atoms. The van der Waals surface area contributed by atoms with Gasteiger partial charge in [0.25, 0.3) is 0 Å². The molecule has 3 N–H and O–H groups in total. The van der Waals surface area contributed by atoms with Crippen molar-refractivity contribution in [1.29, 1.82) is 0 Å². The van der Waals surface area contributed by atoms with E-state index in [2.05, 4.69) is 33.1 Å². The average Bonchev–Trinajstić information content (AvgIpc) is 3.42. The van der Waals surface area contributed by atoms with E-state index in [4.69, 9.17) is 4.74 Å². The number of hydrogen-bond donors (Lipinski definition) is 3. The number of guanidine groups is 1. The van der Waals surface area contributed by atoms with Crippen LogP contribution in [0.1, 0.15) is 30.9 Å². The monoisotopic (exact) mass is 332 g/mol. The third-order valence-corrected chi connectivity index (χ3v) is 3.83. The minimum atomic E-state index is 0.173. The molecular formula is C18H28N4O2. The van der Waals surface area contributed by atoms with Gasteiger partial charge in [0.2, 0.25) is 5.91 Å². The lowest BCUT2D eigenvalue weighted by Gasteiger charge is -2.12. The van der Waals surface area contributed by atoms with Gasteiger partial charge in [0.15, 0.2) is 5.96 Å². The summed E-state index contributed by atoms with van der Waals surface area (Å²) < 4.78 is 5.23. The van der Waals surface area contributed by atoms with E-state index in [0.29, 0.717) is 26.2 Å². The molecule has 0 unspecified atom stereocenters. The zero-order valence-electron chi connectivity index (χ0n) is 14.6. The molecule has 2 rings (SSSR count).